The smallest absolute Gasteiger partial charge is 0.333 e. The Morgan fingerprint density at radius 1 is 1.17 bits per heavy atom. The van der Waals surface area contributed by atoms with Gasteiger partial charge >= 0.3 is 7.60 Å². The molecule has 1 atom stereocenters. The highest BCUT2D eigenvalue weighted by molar-refractivity contribution is 7.56. The molecule has 0 spiro atoms. The molecule has 126 valence electrons. The normalized spacial score (nSPS) is 14.4. The summed E-state index contributed by atoms with van der Waals surface area (Å²) in [6.45, 7) is 2.49. The average Bonchev–Trinajstić information content (AvgIpc) is 2.53. The first-order valence-electron chi connectivity index (χ1n) is 7.04. The van der Waals surface area contributed by atoms with Crippen LogP contribution in [0, 0.1) is 0 Å². The van der Waals surface area contributed by atoms with Crippen LogP contribution in [0.3, 0.4) is 0 Å². The van der Waals surface area contributed by atoms with Gasteiger partial charge in [-0.25, -0.2) is 0 Å². The van der Waals surface area contributed by atoms with Gasteiger partial charge in [0.2, 0.25) is 11.2 Å². The molecule has 0 saturated heterocycles. The van der Waals surface area contributed by atoms with Gasteiger partial charge < -0.3 is 14.4 Å². The highest BCUT2D eigenvalue weighted by Gasteiger charge is 2.54. The molecule has 1 amide bonds. The van der Waals surface area contributed by atoms with Crippen molar-refractivity contribution in [2.45, 2.75) is 25.5 Å². The van der Waals surface area contributed by atoms with E-state index in [9.17, 15) is 14.2 Å². The van der Waals surface area contributed by atoms with E-state index in [2.05, 4.69) is 5.32 Å². The highest BCUT2D eigenvalue weighted by Crippen LogP contribution is 2.59. The van der Waals surface area contributed by atoms with Crippen molar-refractivity contribution in [3.63, 3.8) is 0 Å². The number of hydrogen-bond donors (Lipinski definition) is 1. The van der Waals surface area contributed by atoms with Crippen LogP contribution in [0.4, 0.5) is 0 Å². The molecule has 1 aromatic rings. The zero-order valence-electron chi connectivity index (χ0n) is 13.7. The van der Waals surface area contributed by atoms with Crippen molar-refractivity contribution in [3.05, 3.63) is 42.0 Å². The van der Waals surface area contributed by atoms with Crippen LogP contribution in [-0.4, -0.2) is 31.2 Å². The molecule has 0 heterocycles. The van der Waals surface area contributed by atoms with Crippen molar-refractivity contribution in [2.24, 2.45) is 0 Å². The van der Waals surface area contributed by atoms with Crippen LogP contribution < -0.4 is 5.32 Å². The minimum absolute atomic E-state index is 0.0181. The lowest BCUT2D eigenvalue weighted by atomic mass is 10.1. The van der Waals surface area contributed by atoms with E-state index in [1.165, 1.54) is 28.1 Å². The van der Waals surface area contributed by atoms with Crippen LogP contribution in [0.1, 0.15) is 25.8 Å². The summed E-state index contributed by atoms with van der Waals surface area (Å²) < 4.78 is 22.8. The Labute approximate surface area is 136 Å². The third-order valence-corrected chi connectivity index (χ3v) is 5.94. The number of rotatable bonds is 8. The molecule has 1 rings (SSSR count). The van der Waals surface area contributed by atoms with Crippen molar-refractivity contribution in [3.8, 4) is 0 Å². The van der Waals surface area contributed by atoms with E-state index < -0.39 is 24.6 Å². The van der Waals surface area contributed by atoms with Gasteiger partial charge in [0.05, 0.1) is 0 Å². The van der Waals surface area contributed by atoms with Gasteiger partial charge in [0.25, 0.3) is 0 Å². The van der Waals surface area contributed by atoms with Crippen LogP contribution in [0.2, 0.25) is 0 Å². The van der Waals surface area contributed by atoms with Gasteiger partial charge in [0.1, 0.15) is 0 Å². The molecule has 0 unspecified atom stereocenters. The van der Waals surface area contributed by atoms with Crippen molar-refractivity contribution >= 4 is 25.4 Å². The van der Waals surface area contributed by atoms with Crippen LogP contribution in [0.25, 0.3) is 6.08 Å². The van der Waals surface area contributed by atoms with Gasteiger partial charge in [-0.05, 0) is 12.5 Å². The largest absolute Gasteiger partial charge is 0.363 e. The second-order valence-electron chi connectivity index (χ2n) is 4.98. The lowest BCUT2D eigenvalue weighted by molar-refractivity contribution is -0.127. The molecule has 1 aromatic carbocycles. The van der Waals surface area contributed by atoms with Gasteiger partial charge in [-0.1, -0.05) is 42.5 Å². The fourth-order valence-corrected chi connectivity index (χ4v) is 4.04. The standard InChI is InChI=1S/C16H22NO5P/c1-13(18)16(17-14(2)19,23(20,21-3)22-4)12-8-11-15-9-6-5-7-10-15/h5-11H,12H2,1-4H3,(H,17,19)/b11-8+/t16-/m1/s1. The zero-order valence-corrected chi connectivity index (χ0v) is 14.6. The zero-order chi connectivity index (χ0) is 17.5. The summed E-state index contributed by atoms with van der Waals surface area (Å²) in [5, 5.41) is 0.712. The number of benzene rings is 1. The molecule has 6 nitrogen and oxygen atoms in total. The third kappa shape index (κ3) is 4.38. The first-order chi connectivity index (χ1) is 10.8. The van der Waals surface area contributed by atoms with Gasteiger partial charge in [0.15, 0.2) is 5.78 Å². The lowest BCUT2D eigenvalue weighted by Gasteiger charge is -2.35. The Morgan fingerprint density at radius 2 is 1.74 bits per heavy atom. The number of ketones is 1. The quantitative estimate of drug-likeness (QED) is 0.736. The third-order valence-electron chi connectivity index (χ3n) is 3.44. The van der Waals surface area contributed by atoms with Crippen molar-refractivity contribution in [1.82, 2.24) is 5.32 Å². The Kier molecular flexibility index (Phi) is 6.88. The second-order valence-corrected chi connectivity index (χ2v) is 7.47. The van der Waals surface area contributed by atoms with Crippen LogP contribution in [0.5, 0.6) is 0 Å². The van der Waals surface area contributed by atoms with E-state index in [-0.39, 0.29) is 6.42 Å². The number of carbonyl (C=O) groups is 2. The van der Waals surface area contributed by atoms with Gasteiger partial charge in [0, 0.05) is 27.6 Å². The summed E-state index contributed by atoms with van der Waals surface area (Å²) in [7, 11) is -1.52. The first-order valence-corrected chi connectivity index (χ1v) is 8.58. The van der Waals surface area contributed by atoms with Gasteiger partial charge in [-0.3, -0.25) is 14.2 Å². The summed E-state index contributed by atoms with van der Waals surface area (Å²) in [6.07, 6.45) is 3.42. The molecular formula is C16H22NO5P. The molecule has 0 bridgehead atoms. The molecule has 0 saturated carbocycles. The van der Waals surface area contributed by atoms with Crippen LogP contribution in [-0.2, 0) is 23.2 Å². The molecule has 0 fully saturated rings. The van der Waals surface area contributed by atoms with E-state index >= 15 is 0 Å². The average molecular weight is 339 g/mol. The van der Waals surface area contributed by atoms with Gasteiger partial charge in [-0.15, -0.1) is 0 Å². The Balaban J connectivity index is 3.22. The van der Waals surface area contributed by atoms with E-state index in [1.54, 1.807) is 12.2 Å². The Bertz CT molecular complexity index is 621. The maximum Gasteiger partial charge on any atom is 0.363 e. The minimum atomic E-state index is -3.89. The van der Waals surface area contributed by atoms with Crippen LogP contribution >= 0.6 is 7.60 Å². The number of amides is 1. The van der Waals surface area contributed by atoms with E-state index in [1.807, 2.05) is 30.3 Å². The van der Waals surface area contributed by atoms with E-state index in [0.717, 1.165) is 5.56 Å². The molecule has 0 radical (unpaired) electrons. The van der Waals surface area contributed by atoms with Crippen molar-refractivity contribution < 1.29 is 23.2 Å². The topological polar surface area (TPSA) is 81.7 Å². The first kappa shape index (κ1) is 19.3. The molecule has 23 heavy (non-hydrogen) atoms. The van der Waals surface area contributed by atoms with E-state index in [0.29, 0.717) is 0 Å². The highest BCUT2D eigenvalue weighted by atomic mass is 31.2. The molecule has 0 aliphatic heterocycles. The lowest BCUT2D eigenvalue weighted by Crippen LogP contribution is -2.53. The Hall–Kier alpha value is -1.75. The maximum atomic E-state index is 12.9. The number of carbonyl (C=O) groups excluding carboxylic acids is 2. The summed E-state index contributed by atoms with van der Waals surface area (Å²) >= 11 is 0. The predicted octanol–water partition coefficient (Wildman–Crippen LogP) is 3.00. The molecule has 0 aliphatic rings. The number of Topliss-reactive ketones (excluding diaryl/α,β-unsaturated/α-hetero) is 1. The van der Waals surface area contributed by atoms with Crippen molar-refractivity contribution in [2.75, 3.05) is 14.2 Å². The maximum absolute atomic E-state index is 12.9. The number of hydrogen-bond acceptors (Lipinski definition) is 5. The summed E-state index contributed by atoms with van der Waals surface area (Å²) in [5.41, 5.74) is 0.914. The summed E-state index contributed by atoms with van der Waals surface area (Å²) in [6, 6.07) is 9.41. The molecule has 0 aromatic heterocycles. The molecule has 7 heteroatoms. The van der Waals surface area contributed by atoms with E-state index in [4.69, 9.17) is 9.05 Å². The fourth-order valence-electron chi connectivity index (χ4n) is 2.26. The SMILES string of the molecule is COP(=O)(OC)[C@@](C/C=C/c1ccccc1)(NC(C)=O)C(C)=O. The number of nitrogens with one attached hydrogen (secondary N) is 1. The monoisotopic (exact) mass is 339 g/mol. The predicted molar refractivity (Wildman–Crippen MR) is 88.9 cm³/mol. The van der Waals surface area contributed by atoms with Crippen molar-refractivity contribution in [1.29, 1.82) is 0 Å². The summed E-state index contributed by atoms with van der Waals surface area (Å²) in [5.74, 6) is -1.000. The molecule has 1 N–H and O–H groups in total. The van der Waals surface area contributed by atoms with Gasteiger partial charge in [-0.2, -0.15) is 0 Å². The summed E-state index contributed by atoms with van der Waals surface area (Å²) in [4.78, 5) is 23.8. The second kappa shape index (κ2) is 8.20. The minimum Gasteiger partial charge on any atom is -0.333 e. The van der Waals surface area contributed by atoms with Crippen LogP contribution in [0.15, 0.2) is 36.4 Å². The molecule has 0 aliphatic carbocycles. The Morgan fingerprint density at radius 3 is 2.17 bits per heavy atom. The molecular weight excluding hydrogens is 317 g/mol. The fraction of sp³-hybridized carbons (Fsp3) is 0.375.